The van der Waals surface area contributed by atoms with Crippen LogP contribution in [0.15, 0.2) is 41.3 Å². The Hall–Kier alpha value is -2.27. The van der Waals surface area contributed by atoms with Crippen molar-refractivity contribution in [3.05, 3.63) is 57.5 Å². The van der Waals surface area contributed by atoms with Gasteiger partial charge >= 0.3 is 0 Å². The molecule has 2 aromatic rings. The lowest BCUT2D eigenvalue weighted by molar-refractivity contribution is 0.102. The molecule has 0 aliphatic rings. The Labute approximate surface area is 120 Å². The van der Waals surface area contributed by atoms with Gasteiger partial charge in [0.05, 0.1) is 12.8 Å². The van der Waals surface area contributed by atoms with E-state index in [1.54, 1.807) is 31.3 Å². The van der Waals surface area contributed by atoms with Crippen LogP contribution >= 0.6 is 11.6 Å². The number of aryl methyl sites for hydroxylation is 1. The first-order chi connectivity index (χ1) is 9.51. The zero-order valence-electron chi connectivity index (χ0n) is 11.0. The van der Waals surface area contributed by atoms with Crippen molar-refractivity contribution in [2.75, 3.05) is 12.4 Å². The van der Waals surface area contributed by atoms with Crippen LogP contribution in [0.3, 0.4) is 0 Å². The number of nitrogens with one attached hydrogen (secondary N) is 1. The molecule has 0 aliphatic carbocycles. The Morgan fingerprint density at radius 3 is 2.75 bits per heavy atom. The van der Waals surface area contributed by atoms with Crippen LogP contribution in [0.4, 0.5) is 5.69 Å². The average Bonchev–Trinajstić information content (AvgIpc) is 2.44. The van der Waals surface area contributed by atoms with Gasteiger partial charge in [-0.3, -0.25) is 9.59 Å². The van der Waals surface area contributed by atoms with E-state index in [9.17, 15) is 9.59 Å². The lowest BCUT2D eigenvalue weighted by Gasteiger charge is -2.08. The van der Waals surface area contributed by atoms with Gasteiger partial charge in [-0.25, -0.2) is 0 Å². The molecule has 0 atom stereocenters. The quantitative estimate of drug-likeness (QED) is 0.944. The number of hydrogen-bond donors (Lipinski definition) is 1. The number of rotatable bonds is 3. The van der Waals surface area contributed by atoms with E-state index in [1.807, 2.05) is 0 Å². The molecule has 0 unspecified atom stereocenters. The summed E-state index contributed by atoms with van der Waals surface area (Å²) in [4.78, 5) is 23.6. The minimum Gasteiger partial charge on any atom is -0.497 e. The molecule has 6 heteroatoms. The predicted octanol–water partition coefficient (Wildman–Crippen LogP) is 2.30. The largest absolute Gasteiger partial charge is 0.497 e. The van der Waals surface area contributed by atoms with Crippen molar-refractivity contribution in [2.24, 2.45) is 7.05 Å². The molecule has 5 nitrogen and oxygen atoms in total. The van der Waals surface area contributed by atoms with Crippen LogP contribution in [0.2, 0.25) is 5.02 Å². The zero-order chi connectivity index (χ0) is 14.7. The van der Waals surface area contributed by atoms with Crippen molar-refractivity contribution in [2.45, 2.75) is 0 Å². The number of nitrogens with zero attached hydrogens (tertiary/aromatic N) is 1. The molecule has 104 valence electrons. The van der Waals surface area contributed by atoms with E-state index in [-0.39, 0.29) is 16.5 Å². The minimum atomic E-state index is -0.314. The molecule has 0 fully saturated rings. The molecule has 0 saturated heterocycles. The molecule has 0 radical (unpaired) electrons. The van der Waals surface area contributed by atoms with Crippen molar-refractivity contribution < 1.29 is 9.53 Å². The summed E-state index contributed by atoms with van der Waals surface area (Å²) in [6, 6.07) is 8.18. The summed E-state index contributed by atoms with van der Waals surface area (Å²) in [6.45, 7) is 0. The fraction of sp³-hybridized carbons (Fsp3) is 0.143. The summed E-state index contributed by atoms with van der Waals surface area (Å²) < 4.78 is 6.37. The maximum absolute atomic E-state index is 12.1. The highest BCUT2D eigenvalue weighted by Gasteiger charge is 2.09. The number of carbonyl (C=O) groups is 1. The number of pyridine rings is 1. The molecule has 1 heterocycles. The SMILES string of the molecule is COc1cccc(C(=O)Nc2cc(Cl)c(=O)n(C)c2)c1. The second-order valence-corrected chi connectivity index (χ2v) is 4.59. The molecule has 1 N–H and O–H groups in total. The normalized spacial score (nSPS) is 10.2. The Kier molecular flexibility index (Phi) is 4.10. The van der Waals surface area contributed by atoms with Crippen LogP contribution < -0.4 is 15.6 Å². The molecule has 20 heavy (non-hydrogen) atoms. The second-order valence-electron chi connectivity index (χ2n) is 4.18. The average molecular weight is 293 g/mol. The van der Waals surface area contributed by atoms with Gasteiger partial charge in [-0.05, 0) is 24.3 Å². The van der Waals surface area contributed by atoms with Gasteiger partial charge < -0.3 is 14.6 Å². The molecule has 0 aliphatic heterocycles. The van der Waals surface area contributed by atoms with Gasteiger partial charge in [0, 0.05) is 18.8 Å². The van der Waals surface area contributed by atoms with Gasteiger partial charge in [-0.2, -0.15) is 0 Å². The van der Waals surface area contributed by atoms with E-state index in [4.69, 9.17) is 16.3 Å². The maximum Gasteiger partial charge on any atom is 0.269 e. The predicted molar refractivity (Wildman–Crippen MR) is 77.6 cm³/mol. The molecule has 0 spiro atoms. The van der Waals surface area contributed by atoms with Crippen LogP contribution in [-0.2, 0) is 7.05 Å². The summed E-state index contributed by atoms with van der Waals surface area (Å²) in [5, 5.41) is 2.73. The van der Waals surface area contributed by atoms with Crippen LogP contribution in [-0.4, -0.2) is 17.6 Å². The molecular formula is C14H13ClN2O3. The fourth-order valence-electron chi connectivity index (χ4n) is 1.71. The summed E-state index contributed by atoms with van der Waals surface area (Å²) >= 11 is 5.79. The molecule has 1 aromatic carbocycles. The van der Waals surface area contributed by atoms with E-state index in [0.717, 1.165) is 0 Å². The Balaban J connectivity index is 2.25. The fourth-order valence-corrected chi connectivity index (χ4v) is 1.96. The molecular weight excluding hydrogens is 280 g/mol. The zero-order valence-corrected chi connectivity index (χ0v) is 11.8. The molecule has 1 aromatic heterocycles. The monoisotopic (exact) mass is 292 g/mol. The van der Waals surface area contributed by atoms with E-state index in [0.29, 0.717) is 17.0 Å². The van der Waals surface area contributed by atoms with E-state index >= 15 is 0 Å². The smallest absolute Gasteiger partial charge is 0.269 e. The van der Waals surface area contributed by atoms with Crippen LogP contribution in [0.5, 0.6) is 5.75 Å². The van der Waals surface area contributed by atoms with E-state index in [1.165, 1.54) is 23.9 Å². The van der Waals surface area contributed by atoms with Gasteiger partial charge in [0.15, 0.2) is 0 Å². The first kappa shape index (κ1) is 14.1. The highest BCUT2D eigenvalue weighted by Crippen LogP contribution is 2.15. The maximum atomic E-state index is 12.1. The standard InChI is InChI=1S/C14H13ClN2O3/c1-17-8-10(7-12(15)14(17)19)16-13(18)9-4-3-5-11(6-9)20-2/h3-8H,1-2H3,(H,16,18). The molecule has 2 rings (SSSR count). The lowest BCUT2D eigenvalue weighted by Crippen LogP contribution is -2.19. The van der Waals surface area contributed by atoms with Gasteiger partial charge in [-0.1, -0.05) is 17.7 Å². The molecule has 0 bridgehead atoms. The van der Waals surface area contributed by atoms with Crippen LogP contribution in [0, 0.1) is 0 Å². The van der Waals surface area contributed by atoms with Gasteiger partial charge in [0.25, 0.3) is 11.5 Å². The number of anilines is 1. The third-order valence-corrected chi connectivity index (χ3v) is 3.00. The number of aromatic nitrogens is 1. The van der Waals surface area contributed by atoms with Crippen molar-refractivity contribution >= 4 is 23.2 Å². The summed E-state index contributed by atoms with van der Waals surface area (Å²) in [5.41, 5.74) is 0.588. The summed E-state index contributed by atoms with van der Waals surface area (Å²) in [7, 11) is 3.10. The third-order valence-electron chi connectivity index (χ3n) is 2.73. The van der Waals surface area contributed by atoms with Crippen LogP contribution in [0.25, 0.3) is 0 Å². The van der Waals surface area contributed by atoms with Crippen molar-refractivity contribution in [1.82, 2.24) is 4.57 Å². The third kappa shape index (κ3) is 3.00. The molecule has 0 saturated carbocycles. The number of benzene rings is 1. The minimum absolute atomic E-state index is 0.0518. The van der Waals surface area contributed by atoms with E-state index in [2.05, 4.69) is 5.32 Å². The number of hydrogen-bond acceptors (Lipinski definition) is 3. The van der Waals surface area contributed by atoms with Crippen molar-refractivity contribution in [1.29, 1.82) is 0 Å². The number of carbonyl (C=O) groups excluding carboxylic acids is 1. The topological polar surface area (TPSA) is 60.3 Å². The van der Waals surface area contributed by atoms with Crippen molar-refractivity contribution in [3.63, 3.8) is 0 Å². The van der Waals surface area contributed by atoms with Crippen LogP contribution in [0.1, 0.15) is 10.4 Å². The highest BCUT2D eigenvalue weighted by molar-refractivity contribution is 6.30. The van der Waals surface area contributed by atoms with Gasteiger partial charge in [-0.15, -0.1) is 0 Å². The molecule has 1 amide bonds. The highest BCUT2D eigenvalue weighted by atomic mass is 35.5. The first-order valence-corrected chi connectivity index (χ1v) is 6.20. The Morgan fingerprint density at radius 2 is 2.10 bits per heavy atom. The summed E-state index contributed by atoms with van der Waals surface area (Å²) in [6.07, 6.45) is 1.51. The van der Waals surface area contributed by atoms with Gasteiger partial charge in [0.2, 0.25) is 0 Å². The lowest BCUT2D eigenvalue weighted by atomic mass is 10.2. The van der Waals surface area contributed by atoms with E-state index < -0.39 is 0 Å². The number of amides is 1. The number of methoxy groups -OCH3 is 1. The number of ether oxygens (including phenoxy) is 1. The number of halogens is 1. The summed E-state index contributed by atoms with van der Waals surface area (Å²) in [5.74, 6) is 0.287. The van der Waals surface area contributed by atoms with Gasteiger partial charge in [0.1, 0.15) is 10.8 Å². The first-order valence-electron chi connectivity index (χ1n) is 5.83. The van der Waals surface area contributed by atoms with Crippen molar-refractivity contribution in [3.8, 4) is 5.75 Å². The second kappa shape index (κ2) is 5.79. The Morgan fingerprint density at radius 1 is 1.35 bits per heavy atom. The Bertz CT molecular complexity index is 684.